The molecule has 0 unspecified atom stereocenters. The van der Waals surface area contributed by atoms with E-state index in [0.29, 0.717) is 0 Å². The minimum atomic E-state index is -1.48. The number of benzene rings is 1. The molecule has 0 spiro atoms. The van der Waals surface area contributed by atoms with Gasteiger partial charge in [0.25, 0.3) is 0 Å². The Labute approximate surface area is 111 Å². The average molecular weight is 278 g/mol. The normalized spacial score (nSPS) is 10.1. The monoisotopic (exact) mass is 278 g/mol. The van der Waals surface area contributed by atoms with Crippen LogP contribution in [0.1, 0.15) is 10.4 Å². The lowest BCUT2D eigenvalue weighted by atomic mass is 10.2. The maximum Gasteiger partial charge on any atom is 0.342 e. The highest BCUT2D eigenvalue weighted by molar-refractivity contribution is 5.92. The largest absolute Gasteiger partial charge is 0.477 e. The third-order valence-electron chi connectivity index (χ3n) is 2.30. The van der Waals surface area contributed by atoms with E-state index in [1.54, 1.807) is 0 Å². The summed E-state index contributed by atoms with van der Waals surface area (Å²) in [5.41, 5.74) is -1.21. The van der Waals surface area contributed by atoms with E-state index in [-0.39, 0.29) is 11.6 Å². The predicted octanol–water partition coefficient (Wildman–Crippen LogP) is 2.62. The van der Waals surface area contributed by atoms with Crippen LogP contribution in [0.2, 0.25) is 0 Å². The van der Waals surface area contributed by atoms with Gasteiger partial charge in [-0.3, -0.25) is 10.1 Å². The van der Waals surface area contributed by atoms with Crippen molar-refractivity contribution in [3.05, 3.63) is 58.0 Å². The third-order valence-corrected chi connectivity index (χ3v) is 2.30. The number of aromatic nitrogens is 1. The number of carboxylic acids is 1. The van der Waals surface area contributed by atoms with Gasteiger partial charge in [-0.05, 0) is 12.1 Å². The molecule has 0 radical (unpaired) electrons. The molecule has 7 nitrogen and oxygen atoms in total. The molecule has 1 aromatic carbocycles. The van der Waals surface area contributed by atoms with Crippen molar-refractivity contribution in [3.63, 3.8) is 0 Å². The van der Waals surface area contributed by atoms with E-state index in [9.17, 15) is 19.3 Å². The lowest BCUT2D eigenvalue weighted by Crippen LogP contribution is -2.04. The summed E-state index contributed by atoms with van der Waals surface area (Å²) in [7, 11) is 0. The number of aromatic carboxylic acids is 1. The summed E-state index contributed by atoms with van der Waals surface area (Å²) in [5, 5.41) is 19.6. The predicted molar refractivity (Wildman–Crippen MR) is 64.3 cm³/mol. The Morgan fingerprint density at radius 3 is 2.75 bits per heavy atom. The molecule has 1 heterocycles. The standard InChI is InChI=1S/C12H7FN2O5/c13-7-2-1-3-8(4-7)20-11-5-9(12(16)17)10(6-14-11)15(18)19/h1-6H,(H,16,17). The van der Waals surface area contributed by atoms with E-state index in [2.05, 4.69) is 4.98 Å². The number of rotatable bonds is 4. The Hall–Kier alpha value is -3.03. The van der Waals surface area contributed by atoms with Crippen molar-refractivity contribution in [3.8, 4) is 11.6 Å². The van der Waals surface area contributed by atoms with Crippen LogP contribution in [0, 0.1) is 15.9 Å². The first-order valence-electron chi connectivity index (χ1n) is 5.28. The minimum absolute atomic E-state index is 0.0997. The fourth-order valence-electron chi connectivity index (χ4n) is 1.45. The third kappa shape index (κ3) is 2.86. The van der Waals surface area contributed by atoms with Gasteiger partial charge < -0.3 is 9.84 Å². The lowest BCUT2D eigenvalue weighted by molar-refractivity contribution is -0.385. The SMILES string of the molecule is O=C(O)c1cc(Oc2cccc(F)c2)ncc1[N+](=O)[O-]. The molecule has 0 saturated carbocycles. The molecule has 2 rings (SSSR count). The van der Waals surface area contributed by atoms with Gasteiger partial charge in [-0.2, -0.15) is 0 Å². The van der Waals surface area contributed by atoms with Crippen molar-refractivity contribution >= 4 is 11.7 Å². The first kappa shape index (κ1) is 13.4. The summed E-state index contributed by atoms with van der Waals surface area (Å²) in [4.78, 5) is 24.3. The maximum atomic E-state index is 13.0. The quantitative estimate of drug-likeness (QED) is 0.681. The summed E-state index contributed by atoms with van der Waals surface area (Å²) in [5.74, 6) is -2.10. The van der Waals surface area contributed by atoms with Crippen molar-refractivity contribution in [2.24, 2.45) is 0 Å². The van der Waals surface area contributed by atoms with Gasteiger partial charge in [0.2, 0.25) is 5.88 Å². The van der Waals surface area contributed by atoms with Gasteiger partial charge in [-0.1, -0.05) is 6.07 Å². The van der Waals surface area contributed by atoms with Gasteiger partial charge in [0.1, 0.15) is 23.3 Å². The molecule has 102 valence electrons. The summed E-state index contributed by atoms with van der Waals surface area (Å²) < 4.78 is 18.1. The van der Waals surface area contributed by atoms with E-state index in [0.717, 1.165) is 18.3 Å². The summed E-state index contributed by atoms with van der Waals surface area (Å²) in [6, 6.07) is 6.02. The Morgan fingerprint density at radius 1 is 1.40 bits per heavy atom. The zero-order chi connectivity index (χ0) is 14.7. The van der Waals surface area contributed by atoms with Crippen LogP contribution >= 0.6 is 0 Å². The number of ether oxygens (including phenoxy) is 1. The Balaban J connectivity index is 2.36. The molecule has 8 heteroatoms. The number of carbonyl (C=O) groups is 1. The van der Waals surface area contributed by atoms with E-state index in [1.807, 2.05) is 0 Å². The Morgan fingerprint density at radius 2 is 2.15 bits per heavy atom. The van der Waals surface area contributed by atoms with Crippen molar-refractivity contribution in [2.75, 3.05) is 0 Å². The minimum Gasteiger partial charge on any atom is -0.477 e. The second-order valence-corrected chi connectivity index (χ2v) is 3.66. The van der Waals surface area contributed by atoms with Crippen molar-refractivity contribution < 1.29 is 24.0 Å². The lowest BCUT2D eigenvalue weighted by Gasteiger charge is -2.05. The highest BCUT2D eigenvalue weighted by atomic mass is 19.1. The molecule has 0 amide bonds. The van der Waals surface area contributed by atoms with E-state index < -0.39 is 28.0 Å². The molecule has 0 atom stereocenters. The van der Waals surface area contributed by atoms with Crippen LogP contribution in [0.4, 0.5) is 10.1 Å². The average Bonchev–Trinajstić information content (AvgIpc) is 2.38. The van der Waals surface area contributed by atoms with Crippen LogP contribution in [-0.2, 0) is 0 Å². The van der Waals surface area contributed by atoms with Gasteiger partial charge in [0.15, 0.2) is 0 Å². The van der Waals surface area contributed by atoms with Crippen LogP contribution in [0.15, 0.2) is 36.5 Å². The van der Waals surface area contributed by atoms with Gasteiger partial charge in [-0.25, -0.2) is 14.2 Å². The molecule has 0 bridgehead atoms. The number of nitrogens with zero attached hydrogens (tertiary/aromatic N) is 2. The number of nitro groups is 1. The fourth-order valence-corrected chi connectivity index (χ4v) is 1.45. The van der Waals surface area contributed by atoms with E-state index in [1.165, 1.54) is 18.2 Å². The highest BCUT2D eigenvalue weighted by Crippen LogP contribution is 2.25. The molecule has 0 fully saturated rings. The fraction of sp³-hybridized carbons (Fsp3) is 0. The van der Waals surface area contributed by atoms with Gasteiger partial charge in [-0.15, -0.1) is 0 Å². The zero-order valence-corrected chi connectivity index (χ0v) is 9.82. The highest BCUT2D eigenvalue weighted by Gasteiger charge is 2.21. The van der Waals surface area contributed by atoms with Crippen LogP contribution in [0.25, 0.3) is 0 Å². The summed E-state index contributed by atoms with van der Waals surface area (Å²) >= 11 is 0. The van der Waals surface area contributed by atoms with Crippen molar-refractivity contribution in [1.29, 1.82) is 0 Å². The maximum absolute atomic E-state index is 13.0. The van der Waals surface area contributed by atoms with E-state index >= 15 is 0 Å². The van der Waals surface area contributed by atoms with Gasteiger partial charge >= 0.3 is 11.7 Å². The molecular formula is C12H7FN2O5. The molecule has 20 heavy (non-hydrogen) atoms. The van der Waals surface area contributed by atoms with E-state index in [4.69, 9.17) is 9.84 Å². The zero-order valence-electron chi connectivity index (χ0n) is 9.82. The van der Waals surface area contributed by atoms with Crippen molar-refractivity contribution in [1.82, 2.24) is 4.98 Å². The molecular weight excluding hydrogens is 271 g/mol. The molecule has 0 aliphatic rings. The number of halogens is 1. The molecule has 0 aliphatic carbocycles. The molecule has 1 N–H and O–H groups in total. The van der Waals surface area contributed by atoms with Crippen LogP contribution in [0.5, 0.6) is 11.6 Å². The Kier molecular flexibility index (Phi) is 3.56. The number of pyridine rings is 1. The first-order chi connectivity index (χ1) is 9.47. The van der Waals surface area contributed by atoms with Gasteiger partial charge in [0, 0.05) is 12.1 Å². The number of hydrogen-bond acceptors (Lipinski definition) is 5. The number of hydrogen-bond donors (Lipinski definition) is 1. The molecule has 0 saturated heterocycles. The molecule has 2 aromatic rings. The smallest absolute Gasteiger partial charge is 0.342 e. The molecule has 0 aliphatic heterocycles. The summed E-state index contributed by atoms with van der Waals surface area (Å²) in [6.07, 6.45) is 0.776. The second-order valence-electron chi connectivity index (χ2n) is 3.66. The summed E-state index contributed by atoms with van der Waals surface area (Å²) in [6.45, 7) is 0. The second kappa shape index (κ2) is 5.31. The number of carboxylic acid groups (broad SMARTS) is 1. The van der Waals surface area contributed by atoms with Gasteiger partial charge in [0.05, 0.1) is 4.92 Å². The van der Waals surface area contributed by atoms with Crippen molar-refractivity contribution in [2.45, 2.75) is 0 Å². The Bertz CT molecular complexity index is 689. The molecule has 1 aromatic heterocycles. The van der Waals surface area contributed by atoms with Crippen LogP contribution in [-0.4, -0.2) is 21.0 Å². The topological polar surface area (TPSA) is 103 Å². The first-order valence-corrected chi connectivity index (χ1v) is 5.28. The van der Waals surface area contributed by atoms with Crippen LogP contribution in [0.3, 0.4) is 0 Å². The van der Waals surface area contributed by atoms with Crippen LogP contribution < -0.4 is 4.74 Å².